The Balaban J connectivity index is 2.49. The van der Waals surface area contributed by atoms with Crippen LogP contribution in [0, 0.1) is 0 Å². The minimum atomic E-state index is 0.426. The molecule has 1 aliphatic rings. The Morgan fingerprint density at radius 3 is 3.36 bits per heavy atom. The van der Waals surface area contributed by atoms with Crippen LogP contribution in [-0.2, 0) is 0 Å². The van der Waals surface area contributed by atoms with E-state index < -0.39 is 0 Å². The molecule has 0 radical (unpaired) electrons. The lowest BCUT2D eigenvalue weighted by atomic mass is 10.3. The maximum atomic E-state index is 5.77. The van der Waals surface area contributed by atoms with Crippen molar-refractivity contribution in [2.45, 2.75) is 0 Å². The minimum Gasteiger partial charge on any atom is -0.486 e. The van der Waals surface area contributed by atoms with Crippen molar-refractivity contribution in [1.82, 2.24) is 4.98 Å². The molecule has 2 rings (SSSR count). The SMILES string of the molecule is Clc1nccc2c1OCCN2. The van der Waals surface area contributed by atoms with Crippen molar-refractivity contribution >= 4 is 17.3 Å². The number of nitrogens with one attached hydrogen (secondary N) is 1. The van der Waals surface area contributed by atoms with Gasteiger partial charge in [0.1, 0.15) is 6.61 Å². The van der Waals surface area contributed by atoms with E-state index in [4.69, 9.17) is 16.3 Å². The van der Waals surface area contributed by atoms with Crippen molar-refractivity contribution in [2.75, 3.05) is 18.5 Å². The fourth-order valence-electron chi connectivity index (χ4n) is 1.04. The molecule has 11 heavy (non-hydrogen) atoms. The van der Waals surface area contributed by atoms with E-state index in [1.54, 1.807) is 6.20 Å². The van der Waals surface area contributed by atoms with Crippen LogP contribution in [0.25, 0.3) is 0 Å². The Morgan fingerprint density at radius 2 is 2.55 bits per heavy atom. The van der Waals surface area contributed by atoms with Gasteiger partial charge in [-0.1, -0.05) is 11.6 Å². The van der Waals surface area contributed by atoms with Gasteiger partial charge in [0.05, 0.1) is 5.69 Å². The van der Waals surface area contributed by atoms with Crippen LogP contribution in [0.5, 0.6) is 5.75 Å². The number of hydrogen-bond donors (Lipinski definition) is 1. The predicted octanol–water partition coefficient (Wildman–Crippen LogP) is 1.54. The molecular weight excluding hydrogens is 164 g/mol. The monoisotopic (exact) mass is 170 g/mol. The zero-order chi connectivity index (χ0) is 7.68. The first-order valence-electron chi connectivity index (χ1n) is 3.39. The molecule has 0 atom stereocenters. The molecule has 1 N–H and O–H groups in total. The number of ether oxygens (including phenoxy) is 1. The lowest BCUT2D eigenvalue weighted by Crippen LogP contribution is -2.18. The second-order valence-corrected chi connectivity index (χ2v) is 2.61. The second-order valence-electron chi connectivity index (χ2n) is 2.25. The van der Waals surface area contributed by atoms with Crippen LogP contribution in [0.15, 0.2) is 12.3 Å². The van der Waals surface area contributed by atoms with Crippen LogP contribution in [0.2, 0.25) is 5.15 Å². The van der Waals surface area contributed by atoms with Crippen LogP contribution in [0.4, 0.5) is 5.69 Å². The summed E-state index contributed by atoms with van der Waals surface area (Å²) in [6, 6.07) is 1.85. The van der Waals surface area contributed by atoms with Crippen molar-refractivity contribution in [1.29, 1.82) is 0 Å². The highest BCUT2D eigenvalue weighted by Crippen LogP contribution is 2.32. The van der Waals surface area contributed by atoms with Crippen molar-refractivity contribution in [3.8, 4) is 5.75 Å². The van der Waals surface area contributed by atoms with Crippen LogP contribution >= 0.6 is 11.6 Å². The van der Waals surface area contributed by atoms with Gasteiger partial charge in [-0.2, -0.15) is 0 Å². The van der Waals surface area contributed by atoms with E-state index in [2.05, 4.69) is 10.3 Å². The lowest BCUT2D eigenvalue weighted by molar-refractivity contribution is 0.322. The molecule has 0 aromatic carbocycles. The highest BCUT2D eigenvalue weighted by Gasteiger charge is 2.12. The first-order chi connectivity index (χ1) is 5.38. The predicted molar refractivity (Wildman–Crippen MR) is 43.2 cm³/mol. The molecule has 1 aliphatic heterocycles. The van der Waals surface area contributed by atoms with Crippen molar-refractivity contribution in [3.05, 3.63) is 17.4 Å². The summed E-state index contributed by atoms with van der Waals surface area (Å²) in [6.07, 6.45) is 1.66. The molecule has 0 saturated carbocycles. The number of halogens is 1. The summed E-state index contributed by atoms with van der Waals surface area (Å²) >= 11 is 5.77. The molecule has 4 heteroatoms. The molecule has 2 heterocycles. The van der Waals surface area contributed by atoms with E-state index in [1.807, 2.05) is 6.07 Å². The summed E-state index contributed by atoms with van der Waals surface area (Å²) in [5.74, 6) is 0.667. The lowest BCUT2D eigenvalue weighted by Gasteiger charge is -2.18. The van der Waals surface area contributed by atoms with Crippen LogP contribution in [0.3, 0.4) is 0 Å². The highest BCUT2D eigenvalue weighted by atomic mass is 35.5. The molecule has 0 unspecified atom stereocenters. The molecule has 58 valence electrons. The second kappa shape index (κ2) is 2.58. The Bertz CT molecular complexity index is 277. The van der Waals surface area contributed by atoms with Gasteiger partial charge in [-0.15, -0.1) is 0 Å². The first-order valence-corrected chi connectivity index (χ1v) is 3.77. The topological polar surface area (TPSA) is 34.1 Å². The zero-order valence-electron chi connectivity index (χ0n) is 5.80. The minimum absolute atomic E-state index is 0.426. The molecule has 0 saturated heterocycles. The van der Waals surface area contributed by atoms with Crippen molar-refractivity contribution < 1.29 is 4.74 Å². The van der Waals surface area contributed by atoms with E-state index in [-0.39, 0.29) is 0 Å². The van der Waals surface area contributed by atoms with Gasteiger partial charge in [-0.25, -0.2) is 4.98 Å². The number of rotatable bonds is 0. The average molecular weight is 171 g/mol. The quantitative estimate of drug-likeness (QED) is 0.600. The third kappa shape index (κ3) is 1.12. The molecular formula is C7H7ClN2O. The van der Waals surface area contributed by atoms with E-state index in [0.717, 1.165) is 12.2 Å². The number of pyridine rings is 1. The van der Waals surface area contributed by atoms with Crippen LogP contribution in [0.1, 0.15) is 0 Å². The molecule has 0 fully saturated rings. The Morgan fingerprint density at radius 1 is 1.64 bits per heavy atom. The van der Waals surface area contributed by atoms with Gasteiger partial charge >= 0.3 is 0 Å². The average Bonchev–Trinajstić information content (AvgIpc) is 2.06. The van der Waals surface area contributed by atoms with Crippen molar-refractivity contribution in [3.63, 3.8) is 0 Å². The fraction of sp³-hybridized carbons (Fsp3) is 0.286. The smallest absolute Gasteiger partial charge is 0.179 e. The van der Waals surface area contributed by atoms with E-state index >= 15 is 0 Å². The number of fused-ring (bicyclic) bond motifs is 1. The molecule has 0 spiro atoms. The van der Waals surface area contributed by atoms with Gasteiger partial charge in [0.25, 0.3) is 0 Å². The third-order valence-electron chi connectivity index (χ3n) is 1.52. The normalized spacial score (nSPS) is 14.6. The number of aromatic nitrogens is 1. The zero-order valence-corrected chi connectivity index (χ0v) is 6.56. The Hall–Kier alpha value is -0.960. The standard InChI is InChI=1S/C7H7ClN2O/c8-7-6-5(1-2-10-7)9-3-4-11-6/h1-2,9H,3-4H2. The maximum Gasteiger partial charge on any atom is 0.179 e. The highest BCUT2D eigenvalue weighted by molar-refractivity contribution is 6.31. The Kier molecular flexibility index (Phi) is 1.58. The van der Waals surface area contributed by atoms with E-state index in [9.17, 15) is 0 Å². The van der Waals surface area contributed by atoms with Gasteiger partial charge < -0.3 is 10.1 Å². The molecule has 0 aliphatic carbocycles. The van der Waals surface area contributed by atoms with Gasteiger partial charge in [0.2, 0.25) is 0 Å². The first kappa shape index (κ1) is 6.73. The van der Waals surface area contributed by atoms with Crippen LogP contribution < -0.4 is 10.1 Å². The molecule has 0 bridgehead atoms. The molecule has 0 amide bonds. The van der Waals surface area contributed by atoms with Crippen LogP contribution in [-0.4, -0.2) is 18.1 Å². The number of nitrogens with zero attached hydrogens (tertiary/aromatic N) is 1. The summed E-state index contributed by atoms with van der Waals surface area (Å²) in [6.45, 7) is 1.48. The summed E-state index contributed by atoms with van der Waals surface area (Å²) < 4.78 is 5.30. The van der Waals surface area contributed by atoms with E-state index in [1.165, 1.54) is 0 Å². The summed E-state index contributed by atoms with van der Waals surface area (Å²) in [5, 5.41) is 3.58. The summed E-state index contributed by atoms with van der Waals surface area (Å²) in [7, 11) is 0. The van der Waals surface area contributed by atoms with E-state index in [0.29, 0.717) is 17.5 Å². The van der Waals surface area contributed by atoms with Gasteiger partial charge in [0.15, 0.2) is 10.9 Å². The van der Waals surface area contributed by atoms with Gasteiger partial charge in [-0.3, -0.25) is 0 Å². The molecule has 1 aromatic heterocycles. The fourth-order valence-corrected chi connectivity index (χ4v) is 1.25. The molecule has 1 aromatic rings. The van der Waals surface area contributed by atoms with Crippen molar-refractivity contribution in [2.24, 2.45) is 0 Å². The van der Waals surface area contributed by atoms with Gasteiger partial charge in [0, 0.05) is 12.7 Å². The van der Waals surface area contributed by atoms with Gasteiger partial charge in [-0.05, 0) is 6.07 Å². The third-order valence-corrected chi connectivity index (χ3v) is 1.79. The molecule has 3 nitrogen and oxygen atoms in total. The number of anilines is 1. The summed E-state index contributed by atoms with van der Waals surface area (Å²) in [5.41, 5.74) is 0.927. The largest absolute Gasteiger partial charge is 0.486 e. The number of hydrogen-bond acceptors (Lipinski definition) is 3. The summed E-state index contributed by atoms with van der Waals surface area (Å²) in [4.78, 5) is 3.89. The Labute approximate surface area is 69.3 Å². The maximum absolute atomic E-state index is 5.77.